The van der Waals surface area contributed by atoms with Crippen LogP contribution in [0.15, 0.2) is 294 Å². The fraction of sp³-hybridized carbons (Fsp3) is 0.0440. The summed E-state index contributed by atoms with van der Waals surface area (Å²) in [5.41, 5.74) is 15.1. The molecule has 16 nitrogen and oxygen atoms in total. The molecule has 4 heterocycles. The largest absolute Gasteiger partial charge is 0.424 e. The van der Waals surface area contributed by atoms with Gasteiger partial charge in [-0.25, -0.2) is 15.0 Å². The Balaban J connectivity index is 1.02. The van der Waals surface area contributed by atoms with Crippen LogP contribution >= 0.6 is 0 Å². The summed E-state index contributed by atoms with van der Waals surface area (Å²) in [5.74, 6) is 0.996. The molecule has 0 bridgehead atoms. The average molecular weight is 1380 g/mol. The van der Waals surface area contributed by atoms with Crippen molar-refractivity contribution in [1.82, 2.24) is 28.6 Å². The molecular formula is C91H60N14O2. The summed E-state index contributed by atoms with van der Waals surface area (Å²) in [6, 6.07) is 99.9. The third-order valence-corrected chi connectivity index (χ3v) is 19.8. The highest BCUT2D eigenvalue weighted by atomic mass is 16.5. The zero-order chi connectivity index (χ0) is 73.1. The second-order valence-corrected chi connectivity index (χ2v) is 26.0. The van der Waals surface area contributed by atoms with Crippen molar-refractivity contribution >= 4 is 117 Å². The zero-order valence-electron chi connectivity index (χ0n) is 58.2. The number of carbonyl (C=O) groups excluding carboxylic acids is 1. The van der Waals surface area contributed by atoms with E-state index in [9.17, 15) is 31.3 Å². The van der Waals surface area contributed by atoms with Gasteiger partial charge in [0, 0.05) is 97.5 Å². The molecule has 107 heavy (non-hydrogen) atoms. The van der Waals surface area contributed by atoms with Gasteiger partial charge in [0.1, 0.15) is 17.2 Å². The van der Waals surface area contributed by atoms with Crippen LogP contribution in [0.25, 0.3) is 121 Å². The van der Waals surface area contributed by atoms with Crippen LogP contribution in [0.2, 0.25) is 0 Å². The van der Waals surface area contributed by atoms with Crippen LogP contribution in [-0.4, -0.2) is 66.7 Å². The maximum absolute atomic E-state index is 14.7. The van der Waals surface area contributed by atoms with Gasteiger partial charge >= 0.3 is 5.97 Å². The Labute approximate surface area is 613 Å². The summed E-state index contributed by atoms with van der Waals surface area (Å²) in [6.07, 6.45) is 0. The normalized spacial score (nSPS) is 11.9. The van der Waals surface area contributed by atoms with E-state index < -0.39 is 5.97 Å². The monoisotopic (exact) mass is 1380 g/mol. The standard InChI is InChI=1S/C91H60N14O2/c1-55-82(105-81-46-38-60(54-95)50-74(81)70-31-20-30-66(83(70)105)61-39-41-64(42-40-61)90(99-89(97-3)63-23-10-6-11-24-63)100-101(4)91(65-25-12-7-13-26-65)98-88(96)62-21-8-5-9-22-62)84(102-75-32-17-14-27-67(75)71-47-57(51-92)35-43-78(71)102)85(103-76-33-18-15-28-68(76)72-48-58(52-93)36-44-79(72)103)86(87(55)107-56(2)106)104-77-34-19-16-29-69(77)73-49-59(53-94)37-45-80(73)104/h5-50,96H,1-4H3,(H,97,99,100)/b96-88?,98-91-. The van der Waals surface area contributed by atoms with Crippen molar-refractivity contribution < 1.29 is 9.53 Å². The molecule has 17 aromatic rings. The van der Waals surface area contributed by atoms with E-state index in [-0.39, 0.29) is 11.6 Å². The molecule has 0 aliphatic carbocycles. The number of para-hydroxylation sites is 4. The number of amidine groups is 4. The van der Waals surface area contributed by atoms with Crippen molar-refractivity contribution in [2.24, 2.45) is 15.1 Å². The van der Waals surface area contributed by atoms with Crippen molar-refractivity contribution in [3.05, 3.63) is 329 Å². The molecule has 0 spiro atoms. The van der Waals surface area contributed by atoms with Crippen molar-refractivity contribution in [3.63, 3.8) is 0 Å². The molecular weight excluding hydrogens is 1320 g/mol. The maximum atomic E-state index is 14.7. The number of fused-ring (bicyclic) bond motifs is 12. The Morgan fingerprint density at radius 1 is 0.421 bits per heavy atom. The van der Waals surface area contributed by atoms with Gasteiger partial charge in [-0.3, -0.25) is 10.2 Å². The highest BCUT2D eigenvalue weighted by molar-refractivity contribution is 6.19. The molecule has 0 saturated carbocycles. The maximum Gasteiger partial charge on any atom is 0.308 e. The minimum atomic E-state index is -0.589. The van der Waals surface area contributed by atoms with Crippen molar-refractivity contribution in [1.29, 1.82) is 26.5 Å². The SMILES string of the molecule is CN/C(=N\C(=N/N(C)/C(=N\C(=N)c1ccccc1)c1ccccc1)c1ccc(-c2cccc3c4cc(C#N)ccc4n(-c4c(C)c(OC(C)=O)c(-n5c6ccccc6c6cc(C#N)ccc65)c(-n5c6ccccc6c6cc(C#N)ccc65)c4-n4c5ccccc5c5cc(C#N)ccc54)c23)cc1)c1ccccc1. The van der Waals surface area contributed by atoms with Gasteiger partial charge in [0.15, 0.2) is 23.3 Å². The number of nitrogens with zero attached hydrogens (tertiary/aromatic N) is 12. The third kappa shape index (κ3) is 10.9. The van der Waals surface area contributed by atoms with E-state index in [2.05, 4.69) is 96.4 Å². The lowest BCUT2D eigenvalue weighted by Crippen LogP contribution is -2.27. The van der Waals surface area contributed by atoms with Crippen molar-refractivity contribution in [2.75, 3.05) is 14.1 Å². The average Bonchev–Trinajstić information content (AvgIpc) is 1.56. The highest BCUT2D eigenvalue weighted by Crippen LogP contribution is 2.53. The molecule has 13 aromatic carbocycles. The Kier molecular flexibility index (Phi) is 16.2. The number of carbonyl (C=O) groups is 1. The quantitative estimate of drug-likeness (QED) is 0.0416. The molecule has 506 valence electrons. The zero-order valence-corrected chi connectivity index (χ0v) is 58.2. The number of hydrogen-bond donors (Lipinski definition) is 2. The minimum absolute atomic E-state index is 0.0544. The van der Waals surface area contributed by atoms with Gasteiger partial charge in [-0.05, 0) is 103 Å². The van der Waals surface area contributed by atoms with E-state index in [1.165, 1.54) is 6.92 Å². The van der Waals surface area contributed by atoms with Crippen LogP contribution in [-0.2, 0) is 4.79 Å². The first-order chi connectivity index (χ1) is 52.4. The molecule has 0 aliphatic heterocycles. The first-order valence-electron chi connectivity index (χ1n) is 34.7. The number of ether oxygens (including phenoxy) is 1. The highest BCUT2D eigenvalue weighted by Gasteiger charge is 2.36. The van der Waals surface area contributed by atoms with Gasteiger partial charge in [-0.1, -0.05) is 188 Å². The van der Waals surface area contributed by atoms with E-state index in [1.807, 2.05) is 238 Å². The summed E-state index contributed by atoms with van der Waals surface area (Å²) in [5, 5.41) is 68.8. The van der Waals surface area contributed by atoms with Crippen LogP contribution < -0.4 is 10.1 Å². The fourth-order valence-corrected chi connectivity index (χ4v) is 15.2. The number of benzene rings is 13. The molecule has 0 unspecified atom stereocenters. The smallest absolute Gasteiger partial charge is 0.308 e. The number of nitrogens with one attached hydrogen (secondary N) is 2. The number of rotatable bonds is 11. The number of nitriles is 4. The van der Waals surface area contributed by atoms with E-state index >= 15 is 0 Å². The first-order valence-corrected chi connectivity index (χ1v) is 34.7. The van der Waals surface area contributed by atoms with Gasteiger partial charge < -0.3 is 28.3 Å². The number of esters is 1. The molecule has 0 saturated heterocycles. The number of hydrazone groups is 1. The van der Waals surface area contributed by atoms with Crippen molar-refractivity contribution in [3.8, 4) is 63.9 Å². The van der Waals surface area contributed by atoms with E-state index in [0.29, 0.717) is 79.2 Å². The predicted molar refractivity (Wildman–Crippen MR) is 427 cm³/mol. The third-order valence-electron chi connectivity index (χ3n) is 19.8. The molecule has 16 heteroatoms. The Hall–Kier alpha value is -15.2. The summed E-state index contributed by atoms with van der Waals surface area (Å²) >= 11 is 0. The van der Waals surface area contributed by atoms with Crippen LogP contribution in [0.4, 0.5) is 0 Å². The second-order valence-electron chi connectivity index (χ2n) is 26.0. The Morgan fingerprint density at radius 2 is 0.822 bits per heavy atom. The predicted octanol–water partition coefficient (Wildman–Crippen LogP) is 19.2. The lowest BCUT2D eigenvalue weighted by molar-refractivity contribution is -0.131. The molecule has 0 fully saturated rings. The summed E-state index contributed by atoms with van der Waals surface area (Å²) < 4.78 is 15.9. The second kappa shape index (κ2) is 26.6. The Bertz CT molecular complexity index is 6890. The summed E-state index contributed by atoms with van der Waals surface area (Å²) in [6.45, 7) is 3.40. The molecule has 0 atom stereocenters. The van der Waals surface area contributed by atoms with Gasteiger partial charge in [-0.15, -0.1) is 0 Å². The molecule has 0 aliphatic rings. The Morgan fingerprint density at radius 3 is 1.29 bits per heavy atom. The van der Waals surface area contributed by atoms with Gasteiger partial charge in [0.05, 0.1) is 102 Å². The van der Waals surface area contributed by atoms with Gasteiger partial charge in [-0.2, -0.15) is 26.1 Å². The minimum Gasteiger partial charge on any atom is -0.424 e. The molecule has 0 radical (unpaired) electrons. The van der Waals surface area contributed by atoms with Crippen LogP contribution in [0.5, 0.6) is 5.75 Å². The number of hydrogen-bond acceptors (Lipinski definition) is 8. The molecule has 17 rings (SSSR count). The topological polar surface area (TPSA) is 217 Å². The fourth-order valence-electron chi connectivity index (χ4n) is 15.2. The summed E-state index contributed by atoms with van der Waals surface area (Å²) in [4.78, 5) is 24.9. The lowest BCUT2D eigenvalue weighted by atomic mass is 9.99. The van der Waals surface area contributed by atoms with Crippen molar-refractivity contribution in [2.45, 2.75) is 13.8 Å². The van der Waals surface area contributed by atoms with E-state index in [4.69, 9.17) is 19.8 Å². The lowest BCUT2D eigenvalue weighted by Gasteiger charge is -2.29. The van der Waals surface area contributed by atoms with Crippen LogP contribution in [0.1, 0.15) is 57.0 Å². The van der Waals surface area contributed by atoms with Gasteiger partial charge in [0.2, 0.25) is 0 Å². The van der Waals surface area contributed by atoms with Gasteiger partial charge in [0.25, 0.3) is 0 Å². The van der Waals surface area contributed by atoms with Crippen LogP contribution in [0, 0.1) is 57.7 Å². The van der Waals surface area contributed by atoms with E-state index in [0.717, 1.165) is 109 Å². The molecule has 4 aromatic heterocycles. The van der Waals surface area contributed by atoms with Crippen LogP contribution in [0.3, 0.4) is 0 Å². The summed E-state index contributed by atoms with van der Waals surface area (Å²) in [7, 11) is 3.62. The van der Waals surface area contributed by atoms with E-state index in [1.54, 1.807) is 18.1 Å². The molecule has 0 amide bonds. The first kappa shape index (κ1) is 65.1. The number of aliphatic imine (C=N–C) groups is 2. The number of aromatic nitrogens is 4. The molecule has 2 N–H and O–H groups in total.